The number of halogens is 2. The zero-order chi connectivity index (χ0) is 19.1. The van der Waals surface area contributed by atoms with Crippen molar-refractivity contribution in [3.05, 3.63) is 70.0 Å². The average Bonchev–Trinajstić information content (AvgIpc) is 2.63. The van der Waals surface area contributed by atoms with Crippen LogP contribution >= 0.6 is 11.6 Å². The molecule has 2 rings (SSSR count). The maximum atomic E-state index is 13.8. The lowest BCUT2D eigenvalue weighted by Gasteiger charge is -2.18. The molecule has 0 N–H and O–H groups in total. The van der Waals surface area contributed by atoms with E-state index in [-0.39, 0.29) is 17.1 Å². The van der Waals surface area contributed by atoms with Gasteiger partial charge in [-0.2, -0.15) is 0 Å². The van der Waals surface area contributed by atoms with Gasteiger partial charge in [-0.25, -0.2) is 9.18 Å². The maximum absolute atomic E-state index is 13.8. The molecule has 0 aliphatic carbocycles. The van der Waals surface area contributed by atoms with Crippen molar-refractivity contribution in [3.8, 4) is 0 Å². The zero-order valence-electron chi connectivity index (χ0n) is 14.5. The average molecular weight is 380 g/mol. The molecule has 0 spiro atoms. The van der Waals surface area contributed by atoms with Crippen LogP contribution in [0.1, 0.15) is 21.5 Å². The van der Waals surface area contributed by atoms with Crippen LogP contribution in [0.2, 0.25) is 5.02 Å². The Balaban J connectivity index is 1.93. The Morgan fingerprint density at radius 1 is 1.19 bits per heavy atom. The molecule has 0 fully saturated rings. The van der Waals surface area contributed by atoms with Gasteiger partial charge in [0.2, 0.25) is 0 Å². The van der Waals surface area contributed by atoms with Crippen LogP contribution < -0.4 is 0 Å². The molecular formula is C19H19ClFNO4. The first-order valence-corrected chi connectivity index (χ1v) is 8.22. The van der Waals surface area contributed by atoms with Gasteiger partial charge in [-0.1, -0.05) is 29.8 Å². The van der Waals surface area contributed by atoms with Gasteiger partial charge in [0.05, 0.1) is 12.2 Å². The van der Waals surface area contributed by atoms with Crippen LogP contribution in [0.15, 0.2) is 42.5 Å². The minimum absolute atomic E-state index is 0.0226. The number of amides is 1. The summed E-state index contributed by atoms with van der Waals surface area (Å²) in [5.74, 6) is -1.58. The quantitative estimate of drug-likeness (QED) is 0.691. The van der Waals surface area contributed by atoms with Crippen molar-refractivity contribution in [2.45, 2.75) is 13.2 Å². The van der Waals surface area contributed by atoms with E-state index in [1.165, 1.54) is 24.1 Å². The summed E-state index contributed by atoms with van der Waals surface area (Å²) >= 11 is 5.95. The molecule has 0 atom stereocenters. The summed E-state index contributed by atoms with van der Waals surface area (Å²) in [6.07, 6.45) is 0. The van der Waals surface area contributed by atoms with Gasteiger partial charge in [-0.3, -0.25) is 4.79 Å². The fourth-order valence-electron chi connectivity index (χ4n) is 2.28. The van der Waals surface area contributed by atoms with Gasteiger partial charge in [0.25, 0.3) is 5.91 Å². The summed E-state index contributed by atoms with van der Waals surface area (Å²) in [6.45, 7) is -0.104. The maximum Gasteiger partial charge on any atom is 0.338 e. The van der Waals surface area contributed by atoms with Crippen LogP contribution in [0.4, 0.5) is 4.39 Å². The van der Waals surface area contributed by atoms with Gasteiger partial charge in [-0.15, -0.1) is 0 Å². The van der Waals surface area contributed by atoms with E-state index in [1.54, 1.807) is 31.4 Å². The molecule has 7 heteroatoms. The Kier molecular flexibility index (Phi) is 7.12. The Bertz CT molecular complexity index is 777. The second-order valence-corrected chi connectivity index (χ2v) is 6.07. The lowest BCUT2D eigenvalue weighted by atomic mass is 10.1. The second kappa shape index (κ2) is 9.31. The van der Waals surface area contributed by atoms with Crippen LogP contribution in [-0.2, 0) is 27.4 Å². The molecule has 26 heavy (non-hydrogen) atoms. The van der Waals surface area contributed by atoms with Crippen LogP contribution in [0, 0.1) is 5.82 Å². The van der Waals surface area contributed by atoms with E-state index in [2.05, 4.69) is 0 Å². The predicted octanol–water partition coefficient (Wildman–Crippen LogP) is 3.44. The van der Waals surface area contributed by atoms with E-state index in [0.717, 1.165) is 5.56 Å². The highest BCUT2D eigenvalue weighted by molar-refractivity contribution is 6.31. The lowest BCUT2D eigenvalue weighted by molar-refractivity contribution is -0.133. The number of likely N-dealkylation sites (N-methyl/N-ethyl adjacent to an activating group) is 1. The number of nitrogens with zero attached hydrogens (tertiary/aromatic N) is 1. The van der Waals surface area contributed by atoms with Crippen molar-refractivity contribution in [1.29, 1.82) is 0 Å². The monoisotopic (exact) mass is 379 g/mol. The van der Waals surface area contributed by atoms with Crippen molar-refractivity contribution in [2.75, 3.05) is 20.8 Å². The number of carbonyl (C=O) groups is 2. The number of ether oxygens (including phenoxy) is 2. The SMILES string of the molecule is COCc1cccc(C(=O)OCC(=O)N(C)Cc2c(F)cccc2Cl)c1. The Labute approximate surface area is 156 Å². The smallest absolute Gasteiger partial charge is 0.338 e. The fraction of sp³-hybridized carbons (Fsp3) is 0.263. The Hall–Kier alpha value is -2.44. The molecule has 5 nitrogen and oxygen atoms in total. The Morgan fingerprint density at radius 2 is 1.92 bits per heavy atom. The van der Waals surface area contributed by atoms with Crippen molar-refractivity contribution in [3.63, 3.8) is 0 Å². The molecule has 0 bridgehead atoms. The van der Waals surface area contributed by atoms with Crippen LogP contribution in [0.25, 0.3) is 0 Å². The summed E-state index contributed by atoms with van der Waals surface area (Å²) in [6, 6.07) is 11.1. The van der Waals surface area contributed by atoms with E-state index < -0.39 is 24.3 Å². The molecule has 0 aromatic heterocycles. The normalized spacial score (nSPS) is 10.5. The van der Waals surface area contributed by atoms with Crippen LogP contribution in [0.3, 0.4) is 0 Å². The molecule has 1 amide bonds. The number of hydrogen-bond donors (Lipinski definition) is 0. The number of carbonyl (C=O) groups excluding carboxylic acids is 2. The zero-order valence-corrected chi connectivity index (χ0v) is 15.3. The van der Waals surface area contributed by atoms with Crippen molar-refractivity contribution in [2.24, 2.45) is 0 Å². The van der Waals surface area contributed by atoms with Crippen LogP contribution in [-0.4, -0.2) is 37.5 Å². The van der Waals surface area contributed by atoms with Crippen LogP contribution in [0.5, 0.6) is 0 Å². The third kappa shape index (κ3) is 5.28. The second-order valence-electron chi connectivity index (χ2n) is 5.66. The number of benzene rings is 2. The first kappa shape index (κ1) is 19.9. The first-order valence-electron chi connectivity index (χ1n) is 7.84. The molecule has 0 aliphatic heterocycles. The van der Waals surface area contributed by atoms with Crippen molar-refractivity contribution < 1.29 is 23.5 Å². The van der Waals surface area contributed by atoms with E-state index in [4.69, 9.17) is 21.1 Å². The topological polar surface area (TPSA) is 55.8 Å². The highest BCUT2D eigenvalue weighted by Crippen LogP contribution is 2.20. The van der Waals surface area contributed by atoms with E-state index >= 15 is 0 Å². The van der Waals surface area contributed by atoms with Gasteiger partial charge in [0, 0.05) is 31.3 Å². The highest BCUT2D eigenvalue weighted by atomic mass is 35.5. The molecule has 0 radical (unpaired) electrons. The number of hydrogen-bond acceptors (Lipinski definition) is 4. The minimum atomic E-state index is -0.617. The summed E-state index contributed by atoms with van der Waals surface area (Å²) in [5.41, 5.74) is 1.36. The molecule has 0 unspecified atom stereocenters. The van der Waals surface area contributed by atoms with Gasteiger partial charge < -0.3 is 14.4 Å². The van der Waals surface area contributed by atoms with E-state index in [0.29, 0.717) is 12.2 Å². The van der Waals surface area contributed by atoms with Gasteiger partial charge in [-0.05, 0) is 29.8 Å². The lowest BCUT2D eigenvalue weighted by Crippen LogP contribution is -2.31. The molecule has 0 aliphatic rings. The third-order valence-electron chi connectivity index (χ3n) is 3.68. The molecule has 138 valence electrons. The Morgan fingerprint density at radius 3 is 2.62 bits per heavy atom. The fourth-order valence-corrected chi connectivity index (χ4v) is 2.51. The number of methoxy groups -OCH3 is 1. The molecule has 0 saturated heterocycles. The third-order valence-corrected chi connectivity index (χ3v) is 4.04. The molecular weight excluding hydrogens is 361 g/mol. The largest absolute Gasteiger partial charge is 0.452 e. The molecule has 2 aromatic carbocycles. The van der Waals surface area contributed by atoms with Gasteiger partial charge >= 0.3 is 5.97 Å². The minimum Gasteiger partial charge on any atom is -0.452 e. The molecule has 0 heterocycles. The van der Waals surface area contributed by atoms with E-state index in [1.807, 2.05) is 6.07 Å². The molecule has 2 aromatic rings. The summed E-state index contributed by atoms with van der Waals surface area (Å²) < 4.78 is 23.9. The van der Waals surface area contributed by atoms with Gasteiger partial charge in [0.1, 0.15) is 5.82 Å². The number of rotatable bonds is 7. The molecule has 0 saturated carbocycles. The first-order chi connectivity index (χ1) is 12.4. The predicted molar refractivity (Wildman–Crippen MR) is 95.3 cm³/mol. The van der Waals surface area contributed by atoms with Gasteiger partial charge in [0.15, 0.2) is 6.61 Å². The van der Waals surface area contributed by atoms with E-state index in [9.17, 15) is 14.0 Å². The highest BCUT2D eigenvalue weighted by Gasteiger charge is 2.17. The number of esters is 1. The standard InChI is InChI=1S/C19H19ClFNO4/c1-22(10-15-16(20)7-4-8-17(15)21)18(23)12-26-19(24)14-6-3-5-13(9-14)11-25-2/h3-9H,10-12H2,1-2H3. The van der Waals surface area contributed by atoms with Crippen molar-refractivity contribution >= 4 is 23.5 Å². The summed E-state index contributed by atoms with van der Waals surface area (Å²) in [5, 5.41) is 0.233. The van der Waals surface area contributed by atoms with Crippen molar-refractivity contribution in [1.82, 2.24) is 4.90 Å². The summed E-state index contributed by atoms with van der Waals surface area (Å²) in [4.78, 5) is 25.5. The summed E-state index contributed by atoms with van der Waals surface area (Å²) in [7, 11) is 3.04.